The van der Waals surface area contributed by atoms with Gasteiger partial charge in [-0.05, 0) is 100 Å². The van der Waals surface area contributed by atoms with Crippen LogP contribution in [0.1, 0.15) is 58.2 Å². The highest BCUT2D eigenvalue weighted by atomic mass is 16.5. The van der Waals surface area contributed by atoms with Gasteiger partial charge in [0.1, 0.15) is 12.4 Å². The second kappa shape index (κ2) is 18.2. The van der Waals surface area contributed by atoms with Crippen molar-refractivity contribution in [1.29, 1.82) is 0 Å². The summed E-state index contributed by atoms with van der Waals surface area (Å²) >= 11 is 0. The number of nitrogens with zero attached hydrogens (tertiary/aromatic N) is 2. The number of nitrogens with one attached hydrogen (secondary N) is 3. The van der Waals surface area contributed by atoms with Crippen molar-refractivity contribution in [2.45, 2.75) is 64.8 Å². The lowest BCUT2D eigenvalue weighted by Crippen LogP contribution is -2.47. The number of esters is 1. The molecule has 55 heavy (non-hydrogen) atoms. The predicted molar refractivity (Wildman–Crippen MR) is 231 cm³/mol. The van der Waals surface area contributed by atoms with Gasteiger partial charge in [-0.15, -0.1) is 0 Å². The third-order valence-electron chi connectivity index (χ3n) is 9.66. The maximum Gasteiger partial charge on any atom is 0.310 e. The van der Waals surface area contributed by atoms with E-state index < -0.39 is 0 Å². The van der Waals surface area contributed by atoms with Gasteiger partial charge in [-0.2, -0.15) is 0 Å². The van der Waals surface area contributed by atoms with Crippen molar-refractivity contribution in [3.05, 3.63) is 138 Å². The van der Waals surface area contributed by atoms with Crippen molar-refractivity contribution in [2.75, 3.05) is 60.8 Å². The second-order valence-corrected chi connectivity index (χ2v) is 16.4. The SMILES string of the molecule is CN(CC(CN(C)c1ccc(Nc2ccccc2)cc1)NCCOC(=O)Cc1cc(C(C)(C)C)c(O)c(C(C)(C)C)c1)c1ccc(Nc2ccccc2)cc1. The van der Waals surface area contributed by atoms with Gasteiger partial charge < -0.3 is 35.6 Å². The van der Waals surface area contributed by atoms with Crippen LogP contribution in [0.3, 0.4) is 0 Å². The number of aromatic hydroxyl groups is 1. The summed E-state index contributed by atoms with van der Waals surface area (Å²) in [4.78, 5) is 17.6. The minimum Gasteiger partial charge on any atom is -0.507 e. The average molecular weight is 742 g/mol. The van der Waals surface area contributed by atoms with Crippen LogP contribution in [0.15, 0.2) is 121 Å². The first-order valence-electron chi connectivity index (χ1n) is 19.2. The van der Waals surface area contributed by atoms with Crippen LogP contribution in [0.2, 0.25) is 0 Å². The standard InChI is InChI=1S/C47H59N5O3/c1-46(2,3)42-29-34(30-43(45(42)54)47(4,5)6)31-44(53)55-28-27-48-39(32-51(7)40-23-19-37(20-24-40)49-35-15-11-9-12-16-35)33-52(8)41-25-21-38(22-26-41)50-36-17-13-10-14-18-36/h9-26,29-30,39,48-50,54H,27-28,31-33H2,1-8H3. The van der Waals surface area contributed by atoms with Gasteiger partial charge in [0.05, 0.1) is 6.42 Å². The Hall–Kier alpha value is -5.47. The summed E-state index contributed by atoms with van der Waals surface area (Å²) in [6.45, 7) is 14.7. The van der Waals surface area contributed by atoms with E-state index in [2.05, 4.69) is 154 Å². The zero-order valence-corrected chi connectivity index (χ0v) is 33.8. The van der Waals surface area contributed by atoms with Gasteiger partial charge in [0.25, 0.3) is 0 Å². The molecule has 5 aromatic carbocycles. The number of likely N-dealkylation sites (N-methyl/N-ethyl adjacent to an activating group) is 2. The van der Waals surface area contributed by atoms with E-state index in [0.29, 0.717) is 12.3 Å². The zero-order valence-electron chi connectivity index (χ0n) is 33.8. The summed E-state index contributed by atoms with van der Waals surface area (Å²) in [5.41, 5.74) is 8.35. The third-order valence-corrected chi connectivity index (χ3v) is 9.66. The molecule has 0 aromatic heterocycles. The maximum absolute atomic E-state index is 13.1. The summed E-state index contributed by atoms with van der Waals surface area (Å²) in [5, 5.41) is 21.7. The van der Waals surface area contributed by atoms with Crippen LogP contribution >= 0.6 is 0 Å². The molecule has 0 amide bonds. The molecule has 0 heterocycles. The number of rotatable bonds is 16. The minimum atomic E-state index is -0.286. The summed E-state index contributed by atoms with van der Waals surface area (Å²) < 4.78 is 5.78. The molecule has 0 bridgehead atoms. The fourth-order valence-electron chi connectivity index (χ4n) is 6.62. The van der Waals surface area contributed by atoms with Crippen molar-refractivity contribution in [3.8, 4) is 5.75 Å². The van der Waals surface area contributed by atoms with Crippen LogP contribution in [-0.4, -0.2) is 57.5 Å². The summed E-state index contributed by atoms with van der Waals surface area (Å²) in [6.07, 6.45) is 0.144. The lowest BCUT2D eigenvalue weighted by atomic mass is 9.78. The molecule has 0 aliphatic carbocycles. The highest BCUT2D eigenvalue weighted by Crippen LogP contribution is 2.40. The topological polar surface area (TPSA) is 89.1 Å². The van der Waals surface area contributed by atoms with Gasteiger partial charge in [-0.3, -0.25) is 4.79 Å². The molecule has 0 unspecified atom stereocenters. The van der Waals surface area contributed by atoms with Gasteiger partial charge in [-0.25, -0.2) is 0 Å². The van der Waals surface area contributed by atoms with Gasteiger partial charge in [0.15, 0.2) is 0 Å². The van der Waals surface area contributed by atoms with E-state index in [1.54, 1.807) is 0 Å². The first-order chi connectivity index (χ1) is 26.2. The highest BCUT2D eigenvalue weighted by molar-refractivity contribution is 5.73. The molecule has 290 valence electrons. The molecule has 5 aromatic rings. The minimum absolute atomic E-state index is 0.0544. The molecule has 0 aliphatic rings. The lowest BCUT2D eigenvalue weighted by molar-refractivity contribution is -0.142. The van der Waals surface area contributed by atoms with Crippen LogP contribution in [0, 0.1) is 0 Å². The lowest BCUT2D eigenvalue weighted by Gasteiger charge is -2.31. The fourth-order valence-corrected chi connectivity index (χ4v) is 6.62. The number of hydrogen-bond donors (Lipinski definition) is 4. The fraction of sp³-hybridized carbons (Fsp3) is 0.340. The Balaban J connectivity index is 1.22. The normalized spacial score (nSPS) is 11.7. The van der Waals surface area contributed by atoms with Crippen LogP contribution in [-0.2, 0) is 26.8 Å². The van der Waals surface area contributed by atoms with E-state index in [4.69, 9.17) is 4.74 Å². The van der Waals surface area contributed by atoms with Crippen LogP contribution in [0.5, 0.6) is 5.75 Å². The van der Waals surface area contributed by atoms with Crippen LogP contribution in [0.25, 0.3) is 0 Å². The van der Waals surface area contributed by atoms with Gasteiger partial charge in [0, 0.05) is 73.9 Å². The van der Waals surface area contributed by atoms with Crippen molar-refractivity contribution < 1.29 is 14.6 Å². The molecular formula is C47H59N5O3. The van der Waals surface area contributed by atoms with Crippen molar-refractivity contribution in [2.24, 2.45) is 0 Å². The number of hydrogen-bond acceptors (Lipinski definition) is 8. The second-order valence-electron chi connectivity index (χ2n) is 16.4. The Kier molecular flexibility index (Phi) is 13.5. The Labute approximate surface area is 328 Å². The Morgan fingerprint density at radius 3 is 1.44 bits per heavy atom. The molecule has 8 heteroatoms. The molecule has 0 fully saturated rings. The first-order valence-corrected chi connectivity index (χ1v) is 19.2. The van der Waals surface area contributed by atoms with Crippen molar-refractivity contribution in [3.63, 3.8) is 0 Å². The number of ether oxygens (including phenoxy) is 1. The van der Waals surface area contributed by atoms with Crippen molar-refractivity contribution >= 4 is 40.1 Å². The first kappa shape index (κ1) is 40.7. The quantitative estimate of drug-likeness (QED) is 0.0588. The number of para-hydroxylation sites is 2. The summed E-state index contributed by atoms with van der Waals surface area (Å²) in [5.74, 6) is 0.0216. The molecule has 0 spiro atoms. The molecule has 5 rings (SSSR count). The molecule has 0 saturated carbocycles. The number of benzene rings is 5. The third kappa shape index (κ3) is 12.0. The molecule has 0 saturated heterocycles. The Bertz CT molecular complexity index is 1820. The van der Waals surface area contributed by atoms with Gasteiger partial charge in [0.2, 0.25) is 0 Å². The molecule has 0 aliphatic heterocycles. The van der Waals surface area contributed by atoms with E-state index >= 15 is 0 Å². The zero-order chi connectivity index (χ0) is 39.6. The monoisotopic (exact) mass is 741 g/mol. The van der Waals surface area contributed by atoms with E-state index in [1.165, 1.54) is 0 Å². The number of carbonyl (C=O) groups is 1. The Morgan fingerprint density at radius 1 is 0.636 bits per heavy atom. The summed E-state index contributed by atoms with van der Waals surface area (Å²) in [7, 11) is 4.21. The van der Waals surface area contributed by atoms with Crippen molar-refractivity contribution in [1.82, 2.24) is 5.32 Å². The predicted octanol–water partition coefficient (Wildman–Crippen LogP) is 9.79. The number of phenolic OH excluding ortho intramolecular Hbond substituents is 1. The number of carbonyl (C=O) groups excluding carboxylic acids is 1. The van der Waals surface area contributed by atoms with E-state index in [0.717, 1.165) is 63.9 Å². The molecule has 4 N–H and O–H groups in total. The molecule has 8 nitrogen and oxygen atoms in total. The highest BCUT2D eigenvalue weighted by Gasteiger charge is 2.27. The molecule has 0 atom stereocenters. The number of anilines is 6. The molecular weight excluding hydrogens is 683 g/mol. The average Bonchev–Trinajstić information content (AvgIpc) is 3.14. The molecule has 0 radical (unpaired) electrons. The van der Waals surface area contributed by atoms with E-state index in [9.17, 15) is 9.90 Å². The van der Waals surface area contributed by atoms with Gasteiger partial charge in [-0.1, -0.05) is 90.1 Å². The smallest absolute Gasteiger partial charge is 0.310 e. The number of phenols is 1. The van der Waals surface area contributed by atoms with E-state index in [-0.39, 0.29) is 35.9 Å². The van der Waals surface area contributed by atoms with Crippen LogP contribution < -0.4 is 25.8 Å². The maximum atomic E-state index is 13.1. The Morgan fingerprint density at radius 2 is 1.04 bits per heavy atom. The van der Waals surface area contributed by atoms with Gasteiger partial charge >= 0.3 is 5.97 Å². The van der Waals surface area contributed by atoms with E-state index in [1.807, 2.05) is 48.5 Å². The summed E-state index contributed by atoms with van der Waals surface area (Å²) in [6, 6.07) is 41.2. The van der Waals surface area contributed by atoms with Crippen LogP contribution in [0.4, 0.5) is 34.1 Å². The largest absolute Gasteiger partial charge is 0.507 e.